The van der Waals surface area contributed by atoms with Crippen molar-refractivity contribution in [1.29, 1.82) is 0 Å². The van der Waals surface area contributed by atoms with E-state index in [0.717, 1.165) is 5.56 Å². The summed E-state index contributed by atoms with van der Waals surface area (Å²) in [7, 11) is 0. The molecule has 0 aliphatic rings. The molecule has 0 radical (unpaired) electrons. The van der Waals surface area contributed by atoms with Crippen LogP contribution in [0.2, 0.25) is 0 Å². The van der Waals surface area contributed by atoms with E-state index in [1.54, 1.807) is 30.3 Å². The van der Waals surface area contributed by atoms with Gasteiger partial charge >= 0.3 is 0 Å². The average molecular weight is 265 g/mol. The molecule has 0 bridgehead atoms. The molecule has 0 unspecified atom stereocenters. The lowest BCUT2D eigenvalue weighted by atomic mass is 10.1. The second-order valence-electron chi connectivity index (χ2n) is 4.24. The van der Waals surface area contributed by atoms with Crippen LogP contribution in [0.4, 0.5) is 13.2 Å². The van der Waals surface area contributed by atoms with Crippen molar-refractivity contribution in [1.82, 2.24) is 5.32 Å². The van der Waals surface area contributed by atoms with E-state index in [2.05, 4.69) is 5.32 Å². The van der Waals surface area contributed by atoms with Crippen molar-refractivity contribution in [3.63, 3.8) is 0 Å². The molecule has 19 heavy (non-hydrogen) atoms. The monoisotopic (exact) mass is 265 g/mol. The van der Waals surface area contributed by atoms with E-state index >= 15 is 0 Å². The van der Waals surface area contributed by atoms with Crippen LogP contribution >= 0.6 is 0 Å². The van der Waals surface area contributed by atoms with E-state index in [1.165, 1.54) is 18.2 Å². The highest BCUT2D eigenvalue weighted by atomic mass is 19.3. The van der Waals surface area contributed by atoms with Gasteiger partial charge in [0.25, 0.3) is 6.43 Å². The van der Waals surface area contributed by atoms with E-state index < -0.39 is 6.43 Å². The van der Waals surface area contributed by atoms with Crippen molar-refractivity contribution in [2.45, 2.75) is 19.5 Å². The van der Waals surface area contributed by atoms with Gasteiger partial charge in [-0.2, -0.15) is 0 Å². The second kappa shape index (κ2) is 6.38. The van der Waals surface area contributed by atoms with E-state index in [4.69, 9.17) is 0 Å². The zero-order chi connectivity index (χ0) is 13.7. The fraction of sp³-hybridized carbons (Fsp3) is 0.200. The summed E-state index contributed by atoms with van der Waals surface area (Å²) in [6.07, 6.45) is -2.47. The molecule has 2 aromatic rings. The predicted octanol–water partition coefficient (Wildman–Crippen LogP) is 4.05. The number of nitrogens with one attached hydrogen (secondary N) is 1. The van der Waals surface area contributed by atoms with Crippen molar-refractivity contribution in [2.24, 2.45) is 0 Å². The lowest BCUT2D eigenvalue weighted by Crippen LogP contribution is -2.13. The van der Waals surface area contributed by atoms with Crippen LogP contribution in [0.25, 0.3) is 0 Å². The molecule has 0 spiro atoms. The van der Waals surface area contributed by atoms with Crippen LogP contribution in [0.15, 0.2) is 48.5 Å². The summed E-state index contributed by atoms with van der Waals surface area (Å²) in [5.41, 5.74) is 1.33. The molecule has 2 aromatic carbocycles. The highest BCUT2D eigenvalue weighted by Crippen LogP contribution is 2.19. The minimum atomic E-state index is -2.47. The van der Waals surface area contributed by atoms with E-state index in [0.29, 0.717) is 18.7 Å². The molecule has 0 aliphatic carbocycles. The Bertz CT molecular complexity index is 540. The first kappa shape index (κ1) is 13.6. The molecule has 0 saturated heterocycles. The minimum Gasteiger partial charge on any atom is -0.309 e. The van der Waals surface area contributed by atoms with Gasteiger partial charge in [-0.1, -0.05) is 36.4 Å². The molecule has 0 heterocycles. The van der Waals surface area contributed by atoms with Crippen LogP contribution < -0.4 is 5.32 Å². The summed E-state index contributed by atoms with van der Waals surface area (Å²) in [6.45, 7) is 0.792. The first-order valence-corrected chi connectivity index (χ1v) is 5.98. The van der Waals surface area contributed by atoms with E-state index in [9.17, 15) is 13.2 Å². The Kier molecular flexibility index (Phi) is 4.58. The Morgan fingerprint density at radius 1 is 0.947 bits per heavy atom. The summed E-state index contributed by atoms with van der Waals surface area (Å²) in [5, 5.41) is 3.04. The Morgan fingerprint density at radius 3 is 2.47 bits per heavy atom. The summed E-state index contributed by atoms with van der Waals surface area (Å²) in [4.78, 5) is 0. The lowest BCUT2D eigenvalue weighted by molar-refractivity contribution is 0.151. The van der Waals surface area contributed by atoms with Gasteiger partial charge in [0.05, 0.1) is 0 Å². The molecular weight excluding hydrogens is 251 g/mol. The number of rotatable bonds is 5. The number of alkyl halides is 2. The van der Waals surface area contributed by atoms with Gasteiger partial charge in [-0.15, -0.1) is 0 Å². The molecule has 0 fully saturated rings. The molecule has 1 nitrogen and oxygen atoms in total. The third-order valence-corrected chi connectivity index (χ3v) is 2.81. The second-order valence-corrected chi connectivity index (χ2v) is 4.24. The molecule has 1 N–H and O–H groups in total. The zero-order valence-electron chi connectivity index (χ0n) is 10.2. The lowest BCUT2D eigenvalue weighted by Gasteiger charge is -2.07. The van der Waals surface area contributed by atoms with Crippen LogP contribution in [0, 0.1) is 5.82 Å². The van der Waals surface area contributed by atoms with E-state index in [-0.39, 0.29) is 11.4 Å². The number of benzene rings is 2. The molecule has 0 aromatic heterocycles. The SMILES string of the molecule is Fc1ccccc1CNCc1cccc(C(F)F)c1. The standard InChI is InChI=1S/C15H14F3N/c16-14-7-2-1-5-13(14)10-19-9-11-4-3-6-12(8-11)15(17)18/h1-8,15,19H,9-10H2. The fourth-order valence-corrected chi connectivity index (χ4v) is 1.82. The molecule has 0 saturated carbocycles. The average Bonchev–Trinajstić information content (AvgIpc) is 2.41. The first-order valence-electron chi connectivity index (χ1n) is 5.98. The van der Waals surface area contributed by atoms with Gasteiger partial charge in [0.2, 0.25) is 0 Å². The normalized spacial score (nSPS) is 10.9. The zero-order valence-corrected chi connectivity index (χ0v) is 10.2. The Labute approximate surface area is 110 Å². The summed E-state index contributed by atoms with van der Waals surface area (Å²) in [5.74, 6) is -0.267. The highest BCUT2D eigenvalue weighted by molar-refractivity contribution is 5.24. The Hall–Kier alpha value is -1.81. The first-order chi connectivity index (χ1) is 9.16. The van der Waals surface area contributed by atoms with Crippen molar-refractivity contribution in [3.05, 3.63) is 71.0 Å². The van der Waals surface area contributed by atoms with Crippen molar-refractivity contribution in [3.8, 4) is 0 Å². The smallest absolute Gasteiger partial charge is 0.263 e. The molecule has 4 heteroatoms. The third kappa shape index (κ3) is 3.83. The quantitative estimate of drug-likeness (QED) is 0.859. The minimum absolute atomic E-state index is 0.00481. The third-order valence-electron chi connectivity index (χ3n) is 2.81. The van der Waals surface area contributed by atoms with Crippen LogP contribution in [-0.2, 0) is 13.1 Å². The summed E-state index contributed by atoms with van der Waals surface area (Å²) >= 11 is 0. The van der Waals surface area contributed by atoms with Gasteiger partial charge in [0.1, 0.15) is 5.82 Å². The summed E-state index contributed by atoms with van der Waals surface area (Å²) < 4.78 is 38.4. The molecule has 2 rings (SSSR count). The van der Waals surface area contributed by atoms with Gasteiger partial charge in [-0.25, -0.2) is 13.2 Å². The topological polar surface area (TPSA) is 12.0 Å². The van der Waals surface area contributed by atoms with Crippen molar-refractivity contribution < 1.29 is 13.2 Å². The summed E-state index contributed by atoms with van der Waals surface area (Å²) in [6, 6.07) is 12.7. The maximum Gasteiger partial charge on any atom is 0.263 e. The Balaban J connectivity index is 1.93. The van der Waals surface area contributed by atoms with Gasteiger partial charge in [-0.05, 0) is 17.7 Å². The fourth-order valence-electron chi connectivity index (χ4n) is 1.82. The van der Waals surface area contributed by atoms with Crippen molar-refractivity contribution in [2.75, 3.05) is 0 Å². The number of hydrogen-bond donors (Lipinski definition) is 1. The van der Waals surface area contributed by atoms with Crippen LogP contribution in [0.3, 0.4) is 0 Å². The van der Waals surface area contributed by atoms with Gasteiger partial charge in [0.15, 0.2) is 0 Å². The molecule has 0 atom stereocenters. The number of halogens is 3. The Morgan fingerprint density at radius 2 is 1.74 bits per heavy atom. The predicted molar refractivity (Wildman–Crippen MR) is 68.3 cm³/mol. The molecular formula is C15H14F3N. The van der Waals surface area contributed by atoms with Gasteiger partial charge in [0, 0.05) is 24.2 Å². The van der Waals surface area contributed by atoms with Gasteiger partial charge < -0.3 is 5.32 Å². The van der Waals surface area contributed by atoms with Crippen LogP contribution in [-0.4, -0.2) is 0 Å². The van der Waals surface area contributed by atoms with Crippen LogP contribution in [0.1, 0.15) is 23.1 Å². The largest absolute Gasteiger partial charge is 0.309 e. The van der Waals surface area contributed by atoms with Crippen molar-refractivity contribution >= 4 is 0 Å². The maximum atomic E-state index is 13.3. The van der Waals surface area contributed by atoms with E-state index in [1.807, 2.05) is 0 Å². The van der Waals surface area contributed by atoms with Crippen LogP contribution in [0.5, 0.6) is 0 Å². The molecule has 0 aliphatic heterocycles. The molecule has 0 amide bonds. The number of hydrogen-bond acceptors (Lipinski definition) is 1. The molecule has 100 valence electrons. The van der Waals surface area contributed by atoms with Gasteiger partial charge in [-0.3, -0.25) is 0 Å². The highest BCUT2D eigenvalue weighted by Gasteiger charge is 2.07. The maximum absolute atomic E-state index is 13.3.